The zero-order valence-corrected chi connectivity index (χ0v) is 19.0. The van der Waals surface area contributed by atoms with Gasteiger partial charge >= 0.3 is 0 Å². The quantitative estimate of drug-likeness (QED) is 0.359. The summed E-state index contributed by atoms with van der Waals surface area (Å²) in [6, 6.07) is 5.10. The Morgan fingerprint density at radius 3 is 2.56 bits per heavy atom. The Hall–Kier alpha value is -1.78. The van der Waals surface area contributed by atoms with Gasteiger partial charge in [0.2, 0.25) is 0 Å². The average molecular weight is 567 g/mol. The van der Waals surface area contributed by atoms with E-state index in [-0.39, 0.29) is 22.6 Å². The van der Waals surface area contributed by atoms with E-state index >= 15 is 0 Å². The minimum Gasteiger partial charge on any atom is -0.506 e. The van der Waals surface area contributed by atoms with Gasteiger partial charge in [-0.3, -0.25) is 4.79 Å². The van der Waals surface area contributed by atoms with Crippen molar-refractivity contribution < 1.29 is 24.5 Å². The Morgan fingerprint density at radius 2 is 1.93 bits per heavy atom. The first kappa shape index (κ1) is 21.5. The molecule has 0 radical (unpaired) electrons. The summed E-state index contributed by atoms with van der Waals surface area (Å²) in [7, 11) is 1.55. The van der Waals surface area contributed by atoms with Crippen LogP contribution in [0.5, 0.6) is 23.0 Å². The van der Waals surface area contributed by atoms with Gasteiger partial charge in [0.15, 0.2) is 6.61 Å². The van der Waals surface area contributed by atoms with Crippen molar-refractivity contribution in [2.24, 2.45) is 5.10 Å². The number of carbonyl (C=O) groups excluding carboxylic acids is 1. The molecule has 2 aromatic carbocycles. The fourth-order valence-corrected chi connectivity index (χ4v) is 3.59. The summed E-state index contributed by atoms with van der Waals surface area (Å²) in [4.78, 5) is 11.9. The van der Waals surface area contributed by atoms with Crippen molar-refractivity contribution in [1.82, 2.24) is 5.43 Å². The minimum atomic E-state index is -0.483. The molecule has 27 heavy (non-hydrogen) atoms. The Kier molecular flexibility index (Phi) is 7.51. The number of hydrogen-bond donors (Lipinski definition) is 3. The fourth-order valence-electron chi connectivity index (χ4n) is 2.03. The van der Waals surface area contributed by atoms with Crippen LogP contribution in [0.2, 0.25) is 0 Å². The van der Waals surface area contributed by atoms with E-state index in [2.05, 4.69) is 58.3 Å². The number of halogens is 3. The SMILES string of the molecule is COc1ccc(OCC(=O)N/N=C/c2c(C)c(Br)c(O)c(Br)c2O)c(Br)c1. The zero-order chi connectivity index (χ0) is 20.1. The van der Waals surface area contributed by atoms with Gasteiger partial charge < -0.3 is 19.7 Å². The Balaban J connectivity index is 2.00. The highest BCUT2D eigenvalue weighted by Gasteiger charge is 2.17. The van der Waals surface area contributed by atoms with Gasteiger partial charge in [-0.2, -0.15) is 5.10 Å². The number of nitrogens with zero attached hydrogens (tertiary/aromatic N) is 1. The van der Waals surface area contributed by atoms with Crippen molar-refractivity contribution >= 4 is 59.9 Å². The van der Waals surface area contributed by atoms with Gasteiger partial charge in [0.25, 0.3) is 5.91 Å². The molecule has 0 heterocycles. The molecule has 2 aromatic rings. The van der Waals surface area contributed by atoms with Crippen LogP contribution in [0.3, 0.4) is 0 Å². The molecule has 3 N–H and O–H groups in total. The normalized spacial score (nSPS) is 10.9. The maximum atomic E-state index is 11.9. The first-order valence-corrected chi connectivity index (χ1v) is 9.81. The molecule has 0 bridgehead atoms. The van der Waals surface area contributed by atoms with Crippen LogP contribution in [-0.2, 0) is 4.79 Å². The van der Waals surface area contributed by atoms with Crippen molar-refractivity contribution in [2.45, 2.75) is 6.92 Å². The fraction of sp³-hybridized carbons (Fsp3) is 0.176. The van der Waals surface area contributed by atoms with E-state index in [4.69, 9.17) is 9.47 Å². The van der Waals surface area contributed by atoms with Crippen LogP contribution in [0, 0.1) is 6.92 Å². The van der Waals surface area contributed by atoms with Gasteiger partial charge in [-0.15, -0.1) is 0 Å². The van der Waals surface area contributed by atoms with Crippen molar-refractivity contribution in [1.29, 1.82) is 0 Å². The molecule has 0 aromatic heterocycles. The molecule has 0 aliphatic rings. The number of methoxy groups -OCH3 is 1. The van der Waals surface area contributed by atoms with Gasteiger partial charge in [-0.05, 0) is 78.5 Å². The summed E-state index contributed by atoms with van der Waals surface area (Å²) in [6.07, 6.45) is 1.28. The van der Waals surface area contributed by atoms with Crippen LogP contribution in [0.25, 0.3) is 0 Å². The third-order valence-electron chi connectivity index (χ3n) is 3.49. The van der Waals surface area contributed by atoms with Gasteiger partial charge in [-0.25, -0.2) is 5.43 Å². The van der Waals surface area contributed by atoms with Gasteiger partial charge in [0.1, 0.15) is 27.5 Å². The number of amides is 1. The Labute approximate surface area is 180 Å². The molecule has 0 atom stereocenters. The number of hydrazone groups is 1. The second-order valence-electron chi connectivity index (χ2n) is 5.24. The number of ether oxygens (including phenoxy) is 2. The third-order valence-corrected chi connectivity index (χ3v) is 5.83. The number of nitrogens with one attached hydrogen (secondary N) is 1. The highest BCUT2D eigenvalue weighted by atomic mass is 79.9. The molecule has 144 valence electrons. The number of carbonyl (C=O) groups is 1. The molecular formula is C17H15Br3N2O5. The Bertz CT molecular complexity index is 874. The first-order valence-electron chi connectivity index (χ1n) is 7.44. The molecule has 1 amide bonds. The van der Waals surface area contributed by atoms with Crippen LogP contribution in [0.1, 0.15) is 11.1 Å². The van der Waals surface area contributed by atoms with E-state index in [1.54, 1.807) is 32.2 Å². The molecule has 7 nitrogen and oxygen atoms in total. The van der Waals surface area contributed by atoms with Crippen LogP contribution < -0.4 is 14.9 Å². The molecule has 0 spiro atoms. The number of hydrogen-bond acceptors (Lipinski definition) is 6. The highest BCUT2D eigenvalue weighted by molar-refractivity contribution is 9.11. The van der Waals surface area contributed by atoms with E-state index in [0.717, 1.165) is 0 Å². The molecule has 2 rings (SSSR count). The third kappa shape index (κ3) is 5.14. The monoisotopic (exact) mass is 564 g/mol. The lowest BCUT2D eigenvalue weighted by molar-refractivity contribution is -0.123. The lowest BCUT2D eigenvalue weighted by Crippen LogP contribution is -2.24. The van der Waals surface area contributed by atoms with Gasteiger partial charge in [-0.1, -0.05) is 0 Å². The number of phenols is 2. The summed E-state index contributed by atoms with van der Waals surface area (Å²) in [5, 5.41) is 23.8. The molecule has 10 heteroatoms. The van der Waals surface area contributed by atoms with Crippen LogP contribution >= 0.6 is 47.8 Å². The van der Waals surface area contributed by atoms with Crippen molar-refractivity contribution in [3.63, 3.8) is 0 Å². The number of phenolic OH excluding ortho intramolecular Hbond substituents is 2. The molecule has 0 unspecified atom stereocenters. The number of benzene rings is 2. The summed E-state index contributed by atoms with van der Waals surface area (Å²) in [6.45, 7) is 1.43. The second-order valence-corrected chi connectivity index (χ2v) is 7.68. The predicted octanol–water partition coefficient (Wildman–Crippen LogP) is 4.23. The lowest BCUT2D eigenvalue weighted by atomic mass is 10.1. The molecule has 0 fully saturated rings. The second kappa shape index (κ2) is 9.43. The highest BCUT2D eigenvalue weighted by Crippen LogP contribution is 2.43. The minimum absolute atomic E-state index is 0.121. The van der Waals surface area contributed by atoms with Crippen LogP contribution in [0.4, 0.5) is 0 Å². The summed E-state index contributed by atoms with van der Waals surface area (Å²) in [5.41, 5.74) is 3.21. The molecule has 0 saturated carbocycles. The van der Waals surface area contributed by atoms with Crippen LogP contribution in [-0.4, -0.2) is 36.1 Å². The van der Waals surface area contributed by atoms with Gasteiger partial charge in [0, 0.05) is 5.56 Å². The largest absolute Gasteiger partial charge is 0.506 e. The maximum Gasteiger partial charge on any atom is 0.277 e. The zero-order valence-electron chi connectivity index (χ0n) is 14.2. The van der Waals surface area contributed by atoms with E-state index in [1.807, 2.05) is 0 Å². The van der Waals surface area contributed by atoms with Crippen LogP contribution in [0.15, 0.2) is 36.7 Å². The summed E-state index contributed by atoms with van der Waals surface area (Å²) >= 11 is 9.65. The first-order chi connectivity index (χ1) is 12.8. The number of rotatable bonds is 6. The Morgan fingerprint density at radius 1 is 1.22 bits per heavy atom. The number of aromatic hydroxyl groups is 2. The molecule has 0 saturated heterocycles. The summed E-state index contributed by atoms with van der Waals surface area (Å²) < 4.78 is 11.7. The topological polar surface area (TPSA) is 100 Å². The smallest absolute Gasteiger partial charge is 0.277 e. The van der Waals surface area contributed by atoms with E-state index in [9.17, 15) is 15.0 Å². The summed E-state index contributed by atoms with van der Waals surface area (Å²) in [5.74, 6) is 0.344. The molecular weight excluding hydrogens is 552 g/mol. The molecule has 0 aliphatic heterocycles. The lowest BCUT2D eigenvalue weighted by Gasteiger charge is -2.11. The van der Waals surface area contributed by atoms with E-state index in [0.29, 0.717) is 31.6 Å². The van der Waals surface area contributed by atoms with Gasteiger partial charge in [0.05, 0.1) is 22.3 Å². The maximum absolute atomic E-state index is 11.9. The predicted molar refractivity (Wildman–Crippen MR) is 112 cm³/mol. The van der Waals surface area contributed by atoms with Crippen molar-refractivity contribution in [3.8, 4) is 23.0 Å². The van der Waals surface area contributed by atoms with Crippen molar-refractivity contribution in [3.05, 3.63) is 42.7 Å². The van der Waals surface area contributed by atoms with Crippen molar-refractivity contribution in [2.75, 3.05) is 13.7 Å². The standard InChI is InChI=1S/C17H15Br3N2O5/c1-8-10(16(24)15(20)17(25)14(8)19)6-21-22-13(23)7-27-12-4-3-9(26-2)5-11(12)18/h3-6,24-25H,7H2,1-2H3,(H,22,23)/b21-6+. The molecule has 0 aliphatic carbocycles. The van der Waals surface area contributed by atoms with E-state index < -0.39 is 5.91 Å². The van der Waals surface area contributed by atoms with E-state index in [1.165, 1.54) is 6.21 Å². The average Bonchev–Trinajstić information content (AvgIpc) is 2.66.